The maximum absolute atomic E-state index is 13.1. The molecule has 0 aromatic heterocycles. The van der Waals surface area contributed by atoms with Crippen molar-refractivity contribution in [2.75, 3.05) is 38.7 Å². The van der Waals surface area contributed by atoms with Gasteiger partial charge in [0.05, 0.1) is 13.2 Å². The number of benzene rings is 2. The van der Waals surface area contributed by atoms with Crippen molar-refractivity contribution in [1.29, 1.82) is 0 Å². The van der Waals surface area contributed by atoms with Gasteiger partial charge in [0.25, 0.3) is 5.91 Å². The highest BCUT2D eigenvalue weighted by atomic mass is 16.5. The van der Waals surface area contributed by atoms with Crippen molar-refractivity contribution < 1.29 is 9.53 Å². The molecule has 0 radical (unpaired) electrons. The third-order valence-electron chi connectivity index (χ3n) is 5.47. The topological polar surface area (TPSA) is 44.3 Å². The Hall–Kier alpha value is -2.63. The summed E-state index contributed by atoms with van der Waals surface area (Å²) in [5.74, 6) is -0.0703. The number of hydrogen-bond donors (Lipinski definition) is 1. The van der Waals surface area contributed by atoms with Crippen LogP contribution in [0, 0.1) is 0 Å². The number of carbonyl (C=O) groups is 1. The Kier molecular flexibility index (Phi) is 5.20. The van der Waals surface area contributed by atoms with Gasteiger partial charge in [0.2, 0.25) is 0 Å². The number of anilines is 1. The monoisotopic (exact) mass is 377 g/mol. The van der Waals surface area contributed by atoms with Gasteiger partial charge in [0.15, 0.2) is 0 Å². The Morgan fingerprint density at radius 2 is 1.96 bits per heavy atom. The largest absolute Gasteiger partial charge is 0.384 e. The maximum Gasteiger partial charge on any atom is 0.272 e. The molecule has 5 nitrogen and oxygen atoms in total. The molecule has 4 rings (SSSR count). The van der Waals surface area contributed by atoms with E-state index in [-0.39, 0.29) is 11.6 Å². The molecule has 0 spiro atoms. The number of amides is 1. The molecule has 2 fully saturated rings. The first-order chi connectivity index (χ1) is 13.6. The van der Waals surface area contributed by atoms with Crippen molar-refractivity contribution in [2.24, 2.45) is 0 Å². The quantitative estimate of drug-likeness (QED) is 0.567. The summed E-state index contributed by atoms with van der Waals surface area (Å²) in [6.45, 7) is 5.98. The lowest BCUT2D eigenvalue weighted by Gasteiger charge is -2.17. The minimum absolute atomic E-state index is 0.0342. The molecule has 1 N–H and O–H groups in total. The Bertz CT molecular complexity index is 876. The smallest absolute Gasteiger partial charge is 0.272 e. The van der Waals surface area contributed by atoms with Crippen LogP contribution in [0.25, 0.3) is 6.08 Å². The molecule has 1 unspecified atom stereocenters. The van der Waals surface area contributed by atoms with Gasteiger partial charge in [-0.25, -0.2) is 0 Å². The van der Waals surface area contributed by atoms with Crippen molar-refractivity contribution in [3.05, 3.63) is 71.4 Å². The number of carbonyl (C=O) groups excluding carboxylic acids is 1. The van der Waals surface area contributed by atoms with Crippen molar-refractivity contribution >= 4 is 17.7 Å². The van der Waals surface area contributed by atoms with Crippen molar-refractivity contribution in [1.82, 2.24) is 9.80 Å². The average Bonchev–Trinajstić information content (AvgIpc) is 3.62. The lowest BCUT2D eigenvalue weighted by Crippen LogP contribution is -2.28. The molecule has 2 saturated heterocycles. The molecule has 2 aliphatic rings. The summed E-state index contributed by atoms with van der Waals surface area (Å²) < 4.78 is 5.19. The van der Waals surface area contributed by atoms with Gasteiger partial charge >= 0.3 is 0 Å². The van der Waals surface area contributed by atoms with E-state index in [4.69, 9.17) is 4.74 Å². The van der Waals surface area contributed by atoms with E-state index in [2.05, 4.69) is 34.2 Å². The van der Waals surface area contributed by atoms with Crippen molar-refractivity contribution in [2.45, 2.75) is 19.0 Å². The number of ether oxygens (including phenoxy) is 1. The zero-order valence-electron chi connectivity index (χ0n) is 16.5. The minimum Gasteiger partial charge on any atom is -0.384 e. The van der Waals surface area contributed by atoms with Crippen LogP contribution in [0.5, 0.6) is 0 Å². The van der Waals surface area contributed by atoms with Gasteiger partial charge < -0.3 is 15.0 Å². The molecular formula is C23H27N3O2. The van der Waals surface area contributed by atoms with Crippen LogP contribution in [-0.2, 0) is 16.0 Å². The normalized spacial score (nSPS) is 21.5. The van der Waals surface area contributed by atoms with Gasteiger partial charge in [-0.3, -0.25) is 9.69 Å². The van der Waals surface area contributed by atoms with Crippen LogP contribution < -0.4 is 5.32 Å². The summed E-state index contributed by atoms with van der Waals surface area (Å²) in [6, 6.07) is 17.9. The van der Waals surface area contributed by atoms with E-state index in [0.29, 0.717) is 12.3 Å². The molecule has 2 aromatic rings. The number of nitrogens with zero attached hydrogens (tertiary/aromatic N) is 2. The van der Waals surface area contributed by atoms with Crippen LogP contribution >= 0.6 is 0 Å². The molecule has 2 heterocycles. The molecule has 2 aliphatic heterocycles. The first-order valence-corrected chi connectivity index (χ1v) is 9.79. The Labute approximate surface area is 166 Å². The van der Waals surface area contributed by atoms with Crippen LogP contribution in [0.4, 0.5) is 5.69 Å². The Balaban J connectivity index is 1.59. The van der Waals surface area contributed by atoms with Crippen molar-refractivity contribution in [3.63, 3.8) is 0 Å². The molecule has 5 heteroatoms. The van der Waals surface area contributed by atoms with Crippen LogP contribution in [0.3, 0.4) is 0 Å². The number of para-hydroxylation sites is 1. The van der Waals surface area contributed by atoms with Crippen LogP contribution in [0.1, 0.15) is 18.1 Å². The summed E-state index contributed by atoms with van der Waals surface area (Å²) in [5, 5.41) is 3.04. The highest BCUT2D eigenvalue weighted by Gasteiger charge is 2.57. The van der Waals surface area contributed by atoms with Gasteiger partial charge in [0.1, 0.15) is 11.4 Å². The Morgan fingerprint density at radius 3 is 2.68 bits per heavy atom. The standard InChI is InChI=1S/C23H27N3O2/c1-23(25-12-13-25)17-26(23)21(22(27)24-20-9-4-3-5-10-20)16-19-8-6-7-18(15-19)11-14-28-2/h3-10,15-16H,11-14,17H2,1-2H3,(H,24,27)/b21-16-. The molecule has 0 saturated carbocycles. The van der Waals surface area contributed by atoms with Gasteiger partial charge in [-0.05, 0) is 42.7 Å². The predicted octanol–water partition coefficient (Wildman–Crippen LogP) is 3.20. The minimum atomic E-state index is -0.0703. The first-order valence-electron chi connectivity index (χ1n) is 9.79. The molecule has 146 valence electrons. The maximum atomic E-state index is 13.1. The van der Waals surface area contributed by atoms with Gasteiger partial charge in [-0.15, -0.1) is 0 Å². The number of nitrogens with one attached hydrogen (secondary N) is 1. The lowest BCUT2D eigenvalue weighted by molar-refractivity contribution is -0.113. The van der Waals surface area contributed by atoms with E-state index in [1.54, 1.807) is 7.11 Å². The van der Waals surface area contributed by atoms with E-state index in [1.807, 2.05) is 48.5 Å². The van der Waals surface area contributed by atoms with Crippen LogP contribution in [0.2, 0.25) is 0 Å². The third kappa shape index (κ3) is 4.11. The fourth-order valence-electron chi connectivity index (χ4n) is 3.61. The summed E-state index contributed by atoms with van der Waals surface area (Å²) >= 11 is 0. The molecule has 1 amide bonds. The molecule has 1 atom stereocenters. The highest BCUT2D eigenvalue weighted by Crippen LogP contribution is 2.43. The Morgan fingerprint density at radius 1 is 1.18 bits per heavy atom. The number of rotatable bonds is 8. The fraction of sp³-hybridized carbons (Fsp3) is 0.348. The lowest BCUT2D eigenvalue weighted by atomic mass is 10.1. The second kappa shape index (κ2) is 7.78. The second-order valence-electron chi connectivity index (χ2n) is 7.63. The van der Waals surface area contributed by atoms with Gasteiger partial charge in [-0.1, -0.05) is 42.5 Å². The molecule has 28 heavy (non-hydrogen) atoms. The zero-order chi connectivity index (χ0) is 19.6. The zero-order valence-corrected chi connectivity index (χ0v) is 16.5. The highest BCUT2D eigenvalue weighted by molar-refractivity contribution is 6.06. The van der Waals surface area contributed by atoms with Crippen LogP contribution in [-0.4, -0.2) is 54.7 Å². The SMILES string of the molecule is COCCc1cccc(/C=C(/C(=O)Nc2ccccc2)N2CC2(C)N2CC2)c1. The average molecular weight is 377 g/mol. The summed E-state index contributed by atoms with van der Waals surface area (Å²) in [7, 11) is 1.71. The fourth-order valence-corrected chi connectivity index (χ4v) is 3.61. The first kappa shape index (κ1) is 18.7. The van der Waals surface area contributed by atoms with E-state index in [9.17, 15) is 4.79 Å². The second-order valence-corrected chi connectivity index (χ2v) is 7.63. The van der Waals surface area contributed by atoms with Crippen molar-refractivity contribution in [3.8, 4) is 0 Å². The predicted molar refractivity (Wildman–Crippen MR) is 112 cm³/mol. The van der Waals surface area contributed by atoms with E-state index in [0.717, 1.165) is 37.3 Å². The molecule has 2 aromatic carbocycles. The van der Waals surface area contributed by atoms with E-state index in [1.165, 1.54) is 5.56 Å². The van der Waals surface area contributed by atoms with Gasteiger partial charge in [0, 0.05) is 25.9 Å². The number of hydrogen-bond acceptors (Lipinski definition) is 4. The van der Waals surface area contributed by atoms with Gasteiger partial charge in [-0.2, -0.15) is 0 Å². The van der Waals surface area contributed by atoms with E-state index >= 15 is 0 Å². The third-order valence-corrected chi connectivity index (χ3v) is 5.47. The molecule has 0 bridgehead atoms. The summed E-state index contributed by atoms with van der Waals surface area (Å²) in [6.07, 6.45) is 2.86. The summed E-state index contributed by atoms with van der Waals surface area (Å²) in [5.41, 5.74) is 3.72. The summed E-state index contributed by atoms with van der Waals surface area (Å²) in [4.78, 5) is 17.7. The van der Waals surface area contributed by atoms with E-state index < -0.39 is 0 Å². The number of methoxy groups -OCH3 is 1. The molecule has 0 aliphatic carbocycles. The molecular weight excluding hydrogens is 350 g/mol. The van der Waals surface area contributed by atoms with Crippen LogP contribution in [0.15, 0.2) is 60.3 Å².